The van der Waals surface area contributed by atoms with Crippen LogP contribution >= 0.6 is 0 Å². The number of nitrogens with zero attached hydrogens (tertiary/aromatic N) is 3. The zero-order chi connectivity index (χ0) is 37.5. The van der Waals surface area contributed by atoms with Gasteiger partial charge in [0.25, 0.3) is 0 Å². The van der Waals surface area contributed by atoms with Crippen molar-refractivity contribution in [3.8, 4) is 39.3 Å². The van der Waals surface area contributed by atoms with E-state index in [0.29, 0.717) is 0 Å². The average molecular weight is 726 g/mol. The van der Waals surface area contributed by atoms with Crippen molar-refractivity contribution in [2.75, 3.05) is 0 Å². The molecule has 0 radical (unpaired) electrons. The van der Waals surface area contributed by atoms with Crippen molar-refractivity contribution in [3.05, 3.63) is 212 Å². The van der Waals surface area contributed by atoms with Crippen LogP contribution in [0.1, 0.15) is 0 Å². The van der Waals surface area contributed by atoms with E-state index in [4.69, 9.17) is 0 Å². The third kappa shape index (κ3) is 4.60. The molecule has 0 aliphatic rings. The van der Waals surface area contributed by atoms with Crippen molar-refractivity contribution < 1.29 is 0 Å². The molecule has 0 N–H and O–H groups in total. The summed E-state index contributed by atoms with van der Waals surface area (Å²) in [7, 11) is 0. The minimum atomic E-state index is 1.14. The standard InChI is InChI=1S/C54H35N3/c1-4-18-36(19-5-1)39-27-17-33-48(51(39)44-29-16-28-41-40-24-10-13-30-45(40)56(54(41)44)38-22-8-3-9-23-38)57-47-32-15-12-26-43(47)53-50(57)35-34-49-52(53)42-25-11-14-31-46(42)55(49)37-20-6-2-7-21-37/h1-35H. The first kappa shape index (κ1) is 31.7. The zero-order valence-electron chi connectivity index (χ0n) is 31.0. The van der Waals surface area contributed by atoms with Gasteiger partial charge in [-0.1, -0.05) is 152 Å². The minimum Gasteiger partial charge on any atom is -0.309 e. The molecule has 3 heterocycles. The molecule has 12 aromatic rings. The summed E-state index contributed by atoms with van der Waals surface area (Å²) in [6.45, 7) is 0. The van der Waals surface area contributed by atoms with Gasteiger partial charge in [0.05, 0.1) is 38.8 Å². The molecule has 3 heteroatoms. The fourth-order valence-electron chi connectivity index (χ4n) is 9.57. The second-order valence-corrected chi connectivity index (χ2v) is 14.9. The third-order valence-electron chi connectivity index (χ3n) is 11.8. The summed E-state index contributed by atoms with van der Waals surface area (Å²) in [6.07, 6.45) is 0. The lowest BCUT2D eigenvalue weighted by Gasteiger charge is -2.20. The average Bonchev–Trinajstić information content (AvgIpc) is 3.93. The Morgan fingerprint density at radius 2 is 0.719 bits per heavy atom. The number of benzene rings is 9. The summed E-state index contributed by atoms with van der Waals surface area (Å²) >= 11 is 0. The molecule has 57 heavy (non-hydrogen) atoms. The first-order valence-corrected chi connectivity index (χ1v) is 19.6. The van der Waals surface area contributed by atoms with Crippen molar-refractivity contribution in [1.29, 1.82) is 0 Å². The lowest BCUT2D eigenvalue weighted by molar-refractivity contribution is 1.17. The van der Waals surface area contributed by atoms with E-state index in [1.807, 2.05) is 0 Å². The van der Waals surface area contributed by atoms with Crippen molar-refractivity contribution in [3.63, 3.8) is 0 Å². The van der Waals surface area contributed by atoms with E-state index in [-0.39, 0.29) is 0 Å². The molecule has 0 bridgehead atoms. The first-order valence-electron chi connectivity index (χ1n) is 19.6. The maximum atomic E-state index is 2.52. The molecule has 9 aromatic carbocycles. The molecule has 12 rings (SSSR count). The highest BCUT2D eigenvalue weighted by Crippen LogP contribution is 2.47. The van der Waals surface area contributed by atoms with E-state index in [0.717, 1.165) is 17.1 Å². The topological polar surface area (TPSA) is 14.8 Å². The van der Waals surface area contributed by atoms with Crippen LogP contribution in [0.2, 0.25) is 0 Å². The van der Waals surface area contributed by atoms with Crippen LogP contribution in [0.15, 0.2) is 212 Å². The molecular formula is C54H35N3. The molecule has 0 saturated carbocycles. The van der Waals surface area contributed by atoms with Gasteiger partial charge in [-0.3, -0.25) is 0 Å². The Balaban J connectivity index is 1.26. The summed E-state index contributed by atoms with van der Waals surface area (Å²) < 4.78 is 7.40. The van der Waals surface area contributed by atoms with Crippen molar-refractivity contribution in [1.82, 2.24) is 13.7 Å². The predicted octanol–water partition coefficient (Wildman–Crippen LogP) is 14.3. The molecular weight excluding hydrogens is 691 g/mol. The Bertz CT molecular complexity index is 3500. The van der Waals surface area contributed by atoms with Crippen LogP contribution in [0.5, 0.6) is 0 Å². The third-order valence-corrected chi connectivity index (χ3v) is 11.8. The summed E-state index contributed by atoms with van der Waals surface area (Å²) in [4.78, 5) is 0. The Morgan fingerprint density at radius 3 is 1.37 bits per heavy atom. The van der Waals surface area contributed by atoms with Gasteiger partial charge in [0, 0.05) is 54.8 Å². The summed E-state index contributed by atoms with van der Waals surface area (Å²) in [6, 6.07) is 77.4. The van der Waals surface area contributed by atoms with E-state index in [1.165, 1.54) is 87.7 Å². The van der Waals surface area contributed by atoms with Crippen LogP contribution < -0.4 is 0 Å². The summed E-state index contributed by atoms with van der Waals surface area (Å²) in [5.74, 6) is 0. The number of hydrogen-bond acceptors (Lipinski definition) is 0. The smallest absolute Gasteiger partial charge is 0.0620 e. The zero-order valence-corrected chi connectivity index (χ0v) is 31.0. The van der Waals surface area contributed by atoms with Gasteiger partial charge in [0.2, 0.25) is 0 Å². The lowest BCUT2D eigenvalue weighted by Crippen LogP contribution is -2.01. The molecule has 0 saturated heterocycles. The van der Waals surface area contributed by atoms with Crippen LogP contribution in [0.25, 0.3) is 105 Å². The van der Waals surface area contributed by atoms with Crippen LogP contribution in [0, 0.1) is 0 Å². The molecule has 0 fully saturated rings. The van der Waals surface area contributed by atoms with Gasteiger partial charge in [0.1, 0.15) is 0 Å². The maximum absolute atomic E-state index is 2.52. The molecule has 0 spiro atoms. The van der Waals surface area contributed by atoms with E-state index < -0.39 is 0 Å². The number of aromatic nitrogens is 3. The maximum Gasteiger partial charge on any atom is 0.0620 e. The predicted molar refractivity (Wildman–Crippen MR) is 240 cm³/mol. The number of hydrogen-bond donors (Lipinski definition) is 0. The van der Waals surface area contributed by atoms with Crippen LogP contribution in [-0.2, 0) is 0 Å². The minimum absolute atomic E-state index is 1.14. The Kier molecular flexibility index (Phi) is 6.93. The first-order chi connectivity index (χ1) is 28.3. The van der Waals surface area contributed by atoms with E-state index >= 15 is 0 Å². The normalized spacial score (nSPS) is 11.9. The largest absolute Gasteiger partial charge is 0.309 e. The van der Waals surface area contributed by atoms with Gasteiger partial charge in [-0.15, -0.1) is 0 Å². The van der Waals surface area contributed by atoms with Gasteiger partial charge in [-0.25, -0.2) is 0 Å². The van der Waals surface area contributed by atoms with Gasteiger partial charge in [0.15, 0.2) is 0 Å². The molecule has 0 amide bonds. The molecule has 3 aromatic heterocycles. The monoisotopic (exact) mass is 725 g/mol. The highest BCUT2D eigenvalue weighted by molar-refractivity contribution is 6.29. The van der Waals surface area contributed by atoms with Gasteiger partial charge in [-0.05, 0) is 71.8 Å². The molecule has 266 valence electrons. The SMILES string of the molecule is c1ccc(-c2cccc(-n3c4ccccc4c4c5c6ccccc6n(-c6ccccc6)c5ccc43)c2-c2cccc3c4ccccc4n(-c4ccccc4)c23)cc1. The van der Waals surface area contributed by atoms with Crippen LogP contribution in [0.3, 0.4) is 0 Å². The second-order valence-electron chi connectivity index (χ2n) is 14.9. The van der Waals surface area contributed by atoms with Crippen molar-refractivity contribution in [2.45, 2.75) is 0 Å². The van der Waals surface area contributed by atoms with Crippen molar-refractivity contribution in [2.24, 2.45) is 0 Å². The molecule has 0 atom stereocenters. The second kappa shape index (κ2) is 12.5. The fraction of sp³-hybridized carbons (Fsp3) is 0. The van der Waals surface area contributed by atoms with E-state index in [2.05, 4.69) is 226 Å². The lowest BCUT2D eigenvalue weighted by atomic mass is 9.91. The summed E-state index contributed by atoms with van der Waals surface area (Å²) in [5, 5.41) is 7.50. The highest BCUT2D eigenvalue weighted by atomic mass is 15.0. The Morgan fingerprint density at radius 1 is 0.263 bits per heavy atom. The van der Waals surface area contributed by atoms with Crippen LogP contribution in [-0.4, -0.2) is 13.7 Å². The quantitative estimate of drug-likeness (QED) is 0.168. The highest BCUT2D eigenvalue weighted by Gasteiger charge is 2.25. The fourth-order valence-corrected chi connectivity index (χ4v) is 9.57. The van der Waals surface area contributed by atoms with Gasteiger partial charge < -0.3 is 13.7 Å². The van der Waals surface area contributed by atoms with E-state index in [1.54, 1.807) is 0 Å². The Labute approximate surface area is 329 Å². The van der Waals surface area contributed by atoms with Crippen molar-refractivity contribution >= 4 is 65.4 Å². The van der Waals surface area contributed by atoms with Gasteiger partial charge >= 0.3 is 0 Å². The van der Waals surface area contributed by atoms with Gasteiger partial charge in [-0.2, -0.15) is 0 Å². The van der Waals surface area contributed by atoms with E-state index in [9.17, 15) is 0 Å². The molecule has 3 nitrogen and oxygen atoms in total. The summed E-state index contributed by atoms with van der Waals surface area (Å²) in [5.41, 5.74) is 15.4. The van der Waals surface area contributed by atoms with Crippen LogP contribution in [0.4, 0.5) is 0 Å². The number of rotatable bonds is 5. The molecule has 0 aliphatic heterocycles. The molecule has 0 aliphatic carbocycles. The number of fused-ring (bicyclic) bond motifs is 10. The Hall–Kier alpha value is -7.62. The number of para-hydroxylation sites is 6. The molecule has 0 unspecified atom stereocenters.